The molecule has 9 nitrogen and oxygen atoms in total. The third-order valence-corrected chi connectivity index (χ3v) is 5.48. The number of hydrogen-bond acceptors (Lipinski definition) is 9. The van der Waals surface area contributed by atoms with Gasteiger partial charge in [0.2, 0.25) is 5.91 Å². The molecule has 0 aliphatic heterocycles. The van der Waals surface area contributed by atoms with Gasteiger partial charge in [0, 0.05) is 18.7 Å². The van der Waals surface area contributed by atoms with Gasteiger partial charge in [-0.2, -0.15) is 0 Å². The second-order valence-electron chi connectivity index (χ2n) is 5.43. The Hall–Kier alpha value is -2.63. The number of methoxy groups -OCH3 is 1. The van der Waals surface area contributed by atoms with E-state index in [0.29, 0.717) is 25.8 Å². The van der Waals surface area contributed by atoms with Crippen LogP contribution in [-0.4, -0.2) is 46.7 Å². The van der Waals surface area contributed by atoms with Gasteiger partial charge in [-0.05, 0) is 12.5 Å². The van der Waals surface area contributed by atoms with E-state index in [1.54, 1.807) is 18.5 Å². The number of amides is 1. The number of fused-ring (bicyclic) bond motifs is 1. The second kappa shape index (κ2) is 8.37. The van der Waals surface area contributed by atoms with Crippen LogP contribution < -0.4 is 10.9 Å². The number of rotatable bonds is 7. The van der Waals surface area contributed by atoms with E-state index in [2.05, 4.69) is 15.3 Å². The summed E-state index contributed by atoms with van der Waals surface area (Å²) >= 11 is 2.37. The topological polar surface area (TPSA) is 112 Å². The lowest BCUT2D eigenvalue weighted by molar-refractivity contribution is -0.116. The molecule has 0 saturated carbocycles. The lowest BCUT2D eigenvalue weighted by Gasteiger charge is -2.05. The number of aromatic nitrogens is 3. The van der Waals surface area contributed by atoms with E-state index in [-0.39, 0.29) is 31.2 Å². The van der Waals surface area contributed by atoms with Crippen molar-refractivity contribution in [3.8, 4) is 0 Å². The summed E-state index contributed by atoms with van der Waals surface area (Å²) in [6, 6.07) is 0. The van der Waals surface area contributed by atoms with Gasteiger partial charge in [-0.3, -0.25) is 14.2 Å². The minimum Gasteiger partial charge on any atom is -0.459 e. The molecule has 0 aromatic carbocycles. The first-order chi connectivity index (χ1) is 13.0. The maximum Gasteiger partial charge on any atom is 0.348 e. The summed E-state index contributed by atoms with van der Waals surface area (Å²) < 4.78 is 11.2. The molecule has 0 fully saturated rings. The van der Waals surface area contributed by atoms with Crippen LogP contribution in [0.25, 0.3) is 10.2 Å². The smallest absolute Gasteiger partial charge is 0.348 e. The number of carbonyl (C=O) groups is 2. The van der Waals surface area contributed by atoms with E-state index in [4.69, 9.17) is 9.47 Å². The van der Waals surface area contributed by atoms with Crippen molar-refractivity contribution < 1.29 is 19.1 Å². The molecular weight excluding hydrogens is 392 g/mol. The molecule has 11 heteroatoms. The average molecular weight is 408 g/mol. The number of thiophene rings is 1. The predicted molar refractivity (Wildman–Crippen MR) is 102 cm³/mol. The molecule has 3 aromatic heterocycles. The number of ether oxygens (including phenoxy) is 2. The van der Waals surface area contributed by atoms with Crippen LogP contribution in [0.1, 0.15) is 15.2 Å². The summed E-state index contributed by atoms with van der Waals surface area (Å²) in [7, 11) is 1.51. The van der Waals surface area contributed by atoms with Crippen LogP contribution in [0.3, 0.4) is 0 Å². The number of esters is 1. The van der Waals surface area contributed by atoms with Crippen molar-refractivity contribution >= 4 is 49.9 Å². The molecule has 3 aromatic rings. The van der Waals surface area contributed by atoms with Gasteiger partial charge >= 0.3 is 5.97 Å². The predicted octanol–water partition coefficient (Wildman–Crippen LogP) is 1.66. The van der Waals surface area contributed by atoms with Crippen LogP contribution in [0.4, 0.5) is 5.13 Å². The SMILES string of the molecule is COCCOC(=O)c1sc2ncn(CC(=O)Nc3nccs3)c(=O)c2c1C. The standard InChI is InChI=1S/C16H16N4O5S2/c1-9-11-13(27-12(9)15(23)25-5-4-24-2)18-8-20(14(11)22)7-10(21)19-16-17-3-6-26-16/h3,6,8H,4-5,7H2,1-2H3,(H,17,19,21). The molecule has 0 radical (unpaired) electrons. The van der Waals surface area contributed by atoms with Crippen molar-refractivity contribution in [2.24, 2.45) is 0 Å². The third kappa shape index (κ3) is 4.21. The average Bonchev–Trinajstić information content (AvgIpc) is 3.25. The zero-order valence-corrected chi connectivity index (χ0v) is 16.2. The molecule has 0 atom stereocenters. The fourth-order valence-electron chi connectivity index (χ4n) is 2.35. The van der Waals surface area contributed by atoms with Gasteiger partial charge in [-0.1, -0.05) is 0 Å². The molecule has 3 rings (SSSR count). The van der Waals surface area contributed by atoms with E-state index >= 15 is 0 Å². The fourth-order valence-corrected chi connectivity index (χ4v) is 3.93. The molecule has 0 saturated heterocycles. The number of thiazole rings is 1. The van der Waals surface area contributed by atoms with E-state index in [1.165, 1.54) is 29.3 Å². The molecule has 142 valence electrons. The molecule has 1 N–H and O–H groups in total. The Bertz CT molecular complexity index is 1030. The summed E-state index contributed by atoms with van der Waals surface area (Å²) in [6.45, 7) is 1.87. The first-order valence-electron chi connectivity index (χ1n) is 7.85. The van der Waals surface area contributed by atoms with Gasteiger partial charge in [0.15, 0.2) is 5.13 Å². The van der Waals surface area contributed by atoms with E-state index in [1.807, 2.05) is 0 Å². The highest BCUT2D eigenvalue weighted by Crippen LogP contribution is 2.27. The van der Waals surface area contributed by atoms with Crippen LogP contribution in [0.15, 0.2) is 22.7 Å². The largest absolute Gasteiger partial charge is 0.459 e. The first-order valence-corrected chi connectivity index (χ1v) is 9.54. The van der Waals surface area contributed by atoms with Crippen molar-refractivity contribution in [2.75, 3.05) is 25.6 Å². The van der Waals surface area contributed by atoms with Crippen molar-refractivity contribution in [3.63, 3.8) is 0 Å². The van der Waals surface area contributed by atoms with Crippen LogP contribution in [0.2, 0.25) is 0 Å². The zero-order chi connectivity index (χ0) is 19.4. The lowest BCUT2D eigenvalue weighted by Crippen LogP contribution is -2.27. The van der Waals surface area contributed by atoms with E-state index in [9.17, 15) is 14.4 Å². The van der Waals surface area contributed by atoms with Crippen LogP contribution in [0, 0.1) is 6.92 Å². The number of aryl methyl sites for hydroxylation is 1. The summed E-state index contributed by atoms with van der Waals surface area (Å²) in [5.41, 5.74) is 0.101. The van der Waals surface area contributed by atoms with Gasteiger partial charge in [-0.25, -0.2) is 14.8 Å². The zero-order valence-electron chi connectivity index (χ0n) is 14.6. The molecule has 0 unspecified atom stereocenters. The third-order valence-electron chi connectivity index (χ3n) is 3.62. The van der Waals surface area contributed by atoms with E-state index in [0.717, 1.165) is 11.3 Å². The summed E-state index contributed by atoms with van der Waals surface area (Å²) in [5.74, 6) is -0.916. The number of anilines is 1. The molecule has 0 aliphatic carbocycles. The molecule has 0 aliphatic rings. The molecule has 27 heavy (non-hydrogen) atoms. The molecule has 3 heterocycles. The van der Waals surface area contributed by atoms with Crippen molar-refractivity contribution in [3.05, 3.63) is 38.7 Å². The van der Waals surface area contributed by atoms with Gasteiger partial charge in [0.25, 0.3) is 5.56 Å². The summed E-state index contributed by atoms with van der Waals surface area (Å²) in [4.78, 5) is 45.9. The minimum atomic E-state index is -0.528. The minimum absolute atomic E-state index is 0.123. The Labute approximate surface area is 161 Å². The Morgan fingerprint density at radius 2 is 2.11 bits per heavy atom. The highest BCUT2D eigenvalue weighted by molar-refractivity contribution is 7.20. The number of nitrogens with zero attached hydrogens (tertiary/aromatic N) is 3. The summed E-state index contributed by atoms with van der Waals surface area (Å²) in [5, 5.41) is 5.11. The van der Waals surface area contributed by atoms with Crippen molar-refractivity contribution in [1.82, 2.24) is 14.5 Å². The maximum absolute atomic E-state index is 12.7. The molecule has 0 spiro atoms. The van der Waals surface area contributed by atoms with E-state index < -0.39 is 5.97 Å². The Morgan fingerprint density at radius 1 is 1.30 bits per heavy atom. The number of carbonyl (C=O) groups excluding carboxylic acids is 2. The van der Waals surface area contributed by atoms with Gasteiger partial charge < -0.3 is 14.8 Å². The van der Waals surface area contributed by atoms with Gasteiger partial charge in [0.05, 0.1) is 18.3 Å². The number of nitrogens with one attached hydrogen (secondary N) is 1. The van der Waals surface area contributed by atoms with Crippen LogP contribution in [-0.2, 0) is 20.8 Å². The van der Waals surface area contributed by atoms with Crippen molar-refractivity contribution in [1.29, 1.82) is 0 Å². The fraction of sp³-hybridized carbons (Fsp3) is 0.312. The highest BCUT2D eigenvalue weighted by atomic mass is 32.1. The Balaban J connectivity index is 1.84. The van der Waals surface area contributed by atoms with Gasteiger partial charge in [0.1, 0.15) is 22.9 Å². The quantitative estimate of drug-likeness (QED) is 0.467. The lowest BCUT2D eigenvalue weighted by atomic mass is 10.2. The van der Waals surface area contributed by atoms with Crippen LogP contribution >= 0.6 is 22.7 Å². The normalized spacial score (nSPS) is 10.9. The number of hydrogen-bond donors (Lipinski definition) is 1. The molecular formula is C16H16N4O5S2. The first kappa shape index (κ1) is 19.1. The molecule has 1 amide bonds. The van der Waals surface area contributed by atoms with Crippen molar-refractivity contribution in [2.45, 2.75) is 13.5 Å². The van der Waals surface area contributed by atoms with Crippen LogP contribution in [0.5, 0.6) is 0 Å². The van der Waals surface area contributed by atoms with Gasteiger partial charge in [-0.15, -0.1) is 22.7 Å². The Kier molecular flexibility index (Phi) is 5.94. The molecule has 0 bridgehead atoms. The Morgan fingerprint density at radius 3 is 2.81 bits per heavy atom. The highest BCUT2D eigenvalue weighted by Gasteiger charge is 2.21. The monoisotopic (exact) mass is 408 g/mol. The summed E-state index contributed by atoms with van der Waals surface area (Å²) in [6.07, 6.45) is 2.87. The second-order valence-corrected chi connectivity index (χ2v) is 7.32. The maximum atomic E-state index is 12.7.